The van der Waals surface area contributed by atoms with Crippen molar-refractivity contribution in [1.82, 2.24) is 9.97 Å². The third kappa shape index (κ3) is 1.59. The van der Waals surface area contributed by atoms with Crippen molar-refractivity contribution in [2.75, 3.05) is 0 Å². The molecule has 0 saturated carbocycles. The fourth-order valence-corrected chi connectivity index (χ4v) is 1.42. The number of halogens is 1. The van der Waals surface area contributed by atoms with Gasteiger partial charge in [-0.1, -0.05) is 0 Å². The summed E-state index contributed by atoms with van der Waals surface area (Å²) in [7, 11) is 0. The number of rotatable bonds is 1. The van der Waals surface area contributed by atoms with Gasteiger partial charge < -0.3 is 9.40 Å². The van der Waals surface area contributed by atoms with Gasteiger partial charge in [-0.2, -0.15) is 0 Å². The van der Waals surface area contributed by atoms with Crippen LogP contribution in [0.1, 0.15) is 5.76 Å². The zero-order valence-electron chi connectivity index (χ0n) is 7.37. The van der Waals surface area contributed by atoms with Crippen LogP contribution in [0.5, 0.6) is 0 Å². The van der Waals surface area contributed by atoms with Gasteiger partial charge in [-0.05, 0) is 35.6 Å². The number of hydrogen-bond acceptors (Lipinski definition) is 3. The van der Waals surface area contributed by atoms with Crippen molar-refractivity contribution in [3.8, 4) is 11.4 Å². The second-order valence-electron chi connectivity index (χ2n) is 2.80. The molecule has 2 rings (SSSR count). The van der Waals surface area contributed by atoms with Crippen LogP contribution in [0.25, 0.3) is 11.4 Å². The molecule has 0 bridgehead atoms. The van der Waals surface area contributed by atoms with E-state index in [1.54, 1.807) is 18.5 Å². The Kier molecular flexibility index (Phi) is 2.40. The molecule has 5 heteroatoms. The van der Waals surface area contributed by atoms with Gasteiger partial charge in [0.1, 0.15) is 11.6 Å². The van der Waals surface area contributed by atoms with Gasteiger partial charge in [0.15, 0.2) is 0 Å². The summed E-state index contributed by atoms with van der Waals surface area (Å²) in [5, 5.41) is 0. The third-order valence-corrected chi connectivity index (χ3v) is 2.64. The van der Waals surface area contributed by atoms with Crippen LogP contribution in [-0.2, 0) is 0 Å². The summed E-state index contributed by atoms with van der Waals surface area (Å²) in [5.41, 5.74) is 0.690. The number of hydrogen-bond donors (Lipinski definition) is 1. The van der Waals surface area contributed by atoms with E-state index in [4.69, 9.17) is 4.42 Å². The normalized spacial score (nSPS) is 10.4. The summed E-state index contributed by atoms with van der Waals surface area (Å²) in [5.74, 6) is 1.29. The highest BCUT2D eigenvalue weighted by Crippen LogP contribution is 2.19. The number of H-pyrrole nitrogens is 1. The maximum absolute atomic E-state index is 11.3. The predicted molar refractivity (Wildman–Crippen MR) is 60.0 cm³/mol. The van der Waals surface area contributed by atoms with Crippen molar-refractivity contribution in [3.05, 3.63) is 38.2 Å². The van der Waals surface area contributed by atoms with E-state index in [9.17, 15) is 4.79 Å². The summed E-state index contributed by atoms with van der Waals surface area (Å²) in [6.45, 7) is 1.83. The van der Waals surface area contributed by atoms with Crippen LogP contribution < -0.4 is 5.56 Å². The molecule has 0 atom stereocenters. The first-order valence-electron chi connectivity index (χ1n) is 3.98. The van der Waals surface area contributed by atoms with Crippen LogP contribution in [0.15, 0.2) is 27.7 Å². The fraction of sp³-hybridized carbons (Fsp3) is 0.111. The topological polar surface area (TPSA) is 58.9 Å². The molecule has 4 nitrogen and oxygen atoms in total. The quantitative estimate of drug-likeness (QED) is 0.819. The lowest BCUT2D eigenvalue weighted by atomic mass is 10.2. The number of aromatic amines is 1. The summed E-state index contributed by atoms with van der Waals surface area (Å²) < 4.78 is 5.70. The van der Waals surface area contributed by atoms with Gasteiger partial charge in [0.2, 0.25) is 0 Å². The van der Waals surface area contributed by atoms with E-state index in [0.717, 1.165) is 11.3 Å². The highest BCUT2D eigenvalue weighted by molar-refractivity contribution is 14.1. The van der Waals surface area contributed by atoms with Crippen molar-refractivity contribution in [1.29, 1.82) is 0 Å². The SMILES string of the molecule is Cc1occc1-c1ncc(I)c(=O)[nH]1. The second-order valence-corrected chi connectivity index (χ2v) is 3.96. The van der Waals surface area contributed by atoms with Gasteiger partial charge in [0, 0.05) is 6.20 Å². The fourth-order valence-electron chi connectivity index (χ4n) is 1.15. The van der Waals surface area contributed by atoms with Crippen LogP contribution in [0.4, 0.5) is 0 Å². The molecule has 1 N–H and O–H groups in total. The lowest BCUT2D eigenvalue weighted by molar-refractivity contribution is 0.535. The highest BCUT2D eigenvalue weighted by atomic mass is 127. The molecular weight excluding hydrogens is 295 g/mol. The molecule has 0 spiro atoms. The van der Waals surface area contributed by atoms with Crippen molar-refractivity contribution >= 4 is 22.6 Å². The largest absolute Gasteiger partial charge is 0.469 e. The Bertz CT molecular complexity index is 516. The predicted octanol–water partition coefficient (Wildman–Crippen LogP) is 1.94. The molecular formula is C9H7IN2O2. The smallest absolute Gasteiger partial charge is 0.264 e. The van der Waals surface area contributed by atoms with E-state index < -0.39 is 0 Å². The zero-order chi connectivity index (χ0) is 10.1. The lowest BCUT2D eigenvalue weighted by Gasteiger charge is -1.97. The standard InChI is InChI=1S/C9H7IN2O2/c1-5-6(2-3-14-5)8-11-4-7(10)9(13)12-8/h2-4H,1H3,(H,11,12,13). The van der Waals surface area contributed by atoms with E-state index >= 15 is 0 Å². The van der Waals surface area contributed by atoms with Gasteiger partial charge in [-0.25, -0.2) is 4.98 Å². The minimum atomic E-state index is -0.129. The highest BCUT2D eigenvalue weighted by Gasteiger charge is 2.07. The Balaban J connectivity index is 2.59. The van der Waals surface area contributed by atoms with Crippen LogP contribution in [-0.4, -0.2) is 9.97 Å². The van der Waals surface area contributed by atoms with Gasteiger partial charge in [0.05, 0.1) is 15.4 Å². The molecule has 2 aromatic rings. The second kappa shape index (κ2) is 3.56. The number of aryl methyl sites for hydroxylation is 1. The number of furan rings is 1. The molecule has 0 aliphatic rings. The van der Waals surface area contributed by atoms with Gasteiger partial charge >= 0.3 is 0 Å². The molecule has 0 aromatic carbocycles. The number of nitrogens with zero attached hydrogens (tertiary/aromatic N) is 1. The monoisotopic (exact) mass is 302 g/mol. The van der Waals surface area contributed by atoms with E-state index in [2.05, 4.69) is 9.97 Å². The van der Waals surface area contributed by atoms with E-state index in [0.29, 0.717) is 9.39 Å². The molecule has 2 heterocycles. The van der Waals surface area contributed by atoms with E-state index in [1.807, 2.05) is 29.5 Å². The molecule has 0 radical (unpaired) electrons. The average Bonchev–Trinajstić information content (AvgIpc) is 2.57. The Hall–Kier alpha value is -1.11. The van der Waals surface area contributed by atoms with Gasteiger partial charge in [-0.15, -0.1) is 0 Å². The molecule has 0 fully saturated rings. The Morgan fingerprint density at radius 1 is 1.57 bits per heavy atom. The molecule has 0 saturated heterocycles. The minimum absolute atomic E-state index is 0.129. The Labute approximate surface area is 93.5 Å². The van der Waals surface area contributed by atoms with Gasteiger partial charge in [-0.3, -0.25) is 4.79 Å². The molecule has 0 amide bonds. The Morgan fingerprint density at radius 3 is 2.93 bits per heavy atom. The lowest BCUT2D eigenvalue weighted by Crippen LogP contribution is -2.11. The van der Waals surface area contributed by atoms with E-state index in [1.165, 1.54) is 0 Å². The number of nitrogens with one attached hydrogen (secondary N) is 1. The summed E-state index contributed by atoms with van der Waals surface area (Å²) in [4.78, 5) is 18.1. The van der Waals surface area contributed by atoms with Crippen molar-refractivity contribution in [2.45, 2.75) is 6.92 Å². The first kappa shape index (κ1) is 9.45. The maximum atomic E-state index is 11.3. The minimum Gasteiger partial charge on any atom is -0.469 e. The van der Waals surface area contributed by atoms with Crippen molar-refractivity contribution in [2.24, 2.45) is 0 Å². The first-order valence-corrected chi connectivity index (χ1v) is 5.05. The van der Waals surface area contributed by atoms with Crippen LogP contribution in [0.3, 0.4) is 0 Å². The number of aromatic nitrogens is 2. The van der Waals surface area contributed by atoms with Crippen LogP contribution in [0.2, 0.25) is 0 Å². The van der Waals surface area contributed by atoms with E-state index in [-0.39, 0.29) is 5.56 Å². The average molecular weight is 302 g/mol. The maximum Gasteiger partial charge on any atom is 0.264 e. The molecule has 2 aromatic heterocycles. The molecule has 0 aliphatic carbocycles. The molecule has 72 valence electrons. The summed E-state index contributed by atoms with van der Waals surface area (Å²) in [6.07, 6.45) is 3.11. The molecule has 0 aliphatic heterocycles. The Morgan fingerprint density at radius 2 is 2.36 bits per heavy atom. The summed E-state index contributed by atoms with van der Waals surface area (Å²) in [6, 6.07) is 1.78. The zero-order valence-corrected chi connectivity index (χ0v) is 9.53. The van der Waals surface area contributed by atoms with Crippen molar-refractivity contribution < 1.29 is 4.42 Å². The summed E-state index contributed by atoms with van der Waals surface area (Å²) >= 11 is 1.94. The molecule has 0 unspecified atom stereocenters. The van der Waals surface area contributed by atoms with Gasteiger partial charge in [0.25, 0.3) is 5.56 Å². The first-order chi connectivity index (χ1) is 6.68. The van der Waals surface area contributed by atoms with Crippen LogP contribution in [0, 0.1) is 10.5 Å². The third-order valence-electron chi connectivity index (χ3n) is 1.87. The van der Waals surface area contributed by atoms with Crippen LogP contribution >= 0.6 is 22.6 Å². The molecule has 14 heavy (non-hydrogen) atoms. The van der Waals surface area contributed by atoms with Crippen molar-refractivity contribution in [3.63, 3.8) is 0 Å².